The van der Waals surface area contributed by atoms with Crippen LogP contribution in [0.3, 0.4) is 0 Å². The molecule has 0 bridgehead atoms. The normalized spacial score (nSPS) is 12.3. The summed E-state index contributed by atoms with van der Waals surface area (Å²) in [5, 5.41) is 0. The minimum absolute atomic E-state index is 0.289. The molecule has 5 heteroatoms. The van der Waals surface area contributed by atoms with Gasteiger partial charge in [-0.2, -0.15) is 0 Å². The van der Waals surface area contributed by atoms with Crippen LogP contribution in [0.4, 0.5) is 8.78 Å². The van der Waals surface area contributed by atoms with E-state index in [2.05, 4.69) is 4.74 Å². The van der Waals surface area contributed by atoms with E-state index in [1.807, 2.05) is 0 Å². The van der Waals surface area contributed by atoms with E-state index in [1.54, 1.807) is 6.92 Å². The molecule has 0 amide bonds. The second-order valence-electron chi connectivity index (χ2n) is 3.14. The van der Waals surface area contributed by atoms with Crippen LogP contribution in [0.5, 0.6) is 0 Å². The molecule has 0 heterocycles. The second-order valence-corrected chi connectivity index (χ2v) is 3.14. The van der Waals surface area contributed by atoms with Gasteiger partial charge in [0.1, 0.15) is 17.2 Å². The lowest BCUT2D eigenvalue weighted by molar-refractivity contribution is 0.0589. The van der Waals surface area contributed by atoms with Crippen molar-refractivity contribution in [3.63, 3.8) is 0 Å². The number of methoxy groups -OCH3 is 1. The van der Waals surface area contributed by atoms with Crippen LogP contribution in [-0.2, 0) is 4.74 Å². The molecule has 0 saturated heterocycles. The quantitative estimate of drug-likeness (QED) is 0.765. The molecule has 1 rings (SSSR count). The molecular formula is C10H11F2NO2. The van der Waals surface area contributed by atoms with Crippen LogP contribution in [0.2, 0.25) is 0 Å². The topological polar surface area (TPSA) is 52.3 Å². The van der Waals surface area contributed by atoms with Gasteiger partial charge in [-0.15, -0.1) is 0 Å². The van der Waals surface area contributed by atoms with E-state index in [4.69, 9.17) is 5.73 Å². The minimum atomic E-state index is -1.04. The van der Waals surface area contributed by atoms with Gasteiger partial charge in [-0.3, -0.25) is 0 Å². The minimum Gasteiger partial charge on any atom is -0.465 e. The van der Waals surface area contributed by atoms with Crippen LogP contribution in [0.1, 0.15) is 28.9 Å². The fourth-order valence-electron chi connectivity index (χ4n) is 1.15. The van der Waals surface area contributed by atoms with Crippen molar-refractivity contribution in [1.29, 1.82) is 0 Å². The summed E-state index contributed by atoms with van der Waals surface area (Å²) in [5.74, 6) is -2.97. The number of nitrogens with two attached hydrogens (primary N) is 1. The van der Waals surface area contributed by atoms with Gasteiger partial charge in [-0.1, -0.05) is 0 Å². The number of carbonyl (C=O) groups excluding carboxylic acids is 1. The maximum atomic E-state index is 13.3. The Morgan fingerprint density at radius 2 is 1.87 bits per heavy atom. The average Bonchev–Trinajstić information content (AvgIpc) is 2.16. The first-order valence-corrected chi connectivity index (χ1v) is 4.30. The van der Waals surface area contributed by atoms with Gasteiger partial charge >= 0.3 is 5.97 Å². The van der Waals surface area contributed by atoms with Crippen molar-refractivity contribution in [2.45, 2.75) is 13.0 Å². The van der Waals surface area contributed by atoms with Gasteiger partial charge in [0.25, 0.3) is 0 Å². The van der Waals surface area contributed by atoms with E-state index < -0.39 is 29.2 Å². The molecule has 3 nitrogen and oxygen atoms in total. The van der Waals surface area contributed by atoms with Crippen LogP contribution in [0.15, 0.2) is 12.1 Å². The molecule has 0 aliphatic rings. The first-order chi connectivity index (χ1) is 6.97. The summed E-state index contributed by atoms with van der Waals surface area (Å²) >= 11 is 0. The number of benzene rings is 1. The number of halogens is 2. The van der Waals surface area contributed by atoms with Crippen LogP contribution in [0, 0.1) is 11.6 Å². The van der Waals surface area contributed by atoms with Crippen molar-refractivity contribution in [3.8, 4) is 0 Å². The predicted octanol–water partition coefficient (Wildman–Crippen LogP) is 1.77. The molecule has 0 aromatic heterocycles. The van der Waals surface area contributed by atoms with Crippen LogP contribution < -0.4 is 5.73 Å². The first-order valence-electron chi connectivity index (χ1n) is 4.30. The van der Waals surface area contributed by atoms with Crippen molar-refractivity contribution in [2.24, 2.45) is 5.73 Å². The summed E-state index contributed by atoms with van der Waals surface area (Å²) in [7, 11) is 1.06. The monoisotopic (exact) mass is 215 g/mol. The predicted molar refractivity (Wildman–Crippen MR) is 50.3 cm³/mol. The highest BCUT2D eigenvalue weighted by molar-refractivity contribution is 5.90. The SMILES string of the molecule is COC(=O)c1c(F)cc([C@H](C)N)cc1F. The van der Waals surface area contributed by atoms with Gasteiger partial charge in [-0.25, -0.2) is 13.6 Å². The number of carbonyl (C=O) groups is 1. The Morgan fingerprint density at radius 3 is 2.20 bits per heavy atom. The molecule has 0 radical (unpaired) electrons. The Morgan fingerprint density at radius 1 is 1.40 bits per heavy atom. The Balaban J connectivity index is 3.27. The smallest absolute Gasteiger partial charge is 0.343 e. The summed E-state index contributed by atoms with van der Waals surface area (Å²) in [6.45, 7) is 1.59. The average molecular weight is 215 g/mol. The molecule has 0 spiro atoms. The summed E-state index contributed by atoms with van der Waals surface area (Å²) in [6, 6.07) is 1.56. The molecule has 0 aliphatic carbocycles. The standard InChI is InChI=1S/C10H11F2NO2/c1-5(13)6-3-7(11)9(8(12)4-6)10(14)15-2/h3-5H,13H2,1-2H3/t5-/m0/s1. The zero-order valence-corrected chi connectivity index (χ0v) is 8.38. The number of esters is 1. The fourth-order valence-corrected chi connectivity index (χ4v) is 1.15. The molecule has 82 valence electrons. The molecule has 1 atom stereocenters. The first kappa shape index (κ1) is 11.6. The molecule has 15 heavy (non-hydrogen) atoms. The highest BCUT2D eigenvalue weighted by atomic mass is 19.1. The van der Waals surface area contributed by atoms with Crippen molar-refractivity contribution in [2.75, 3.05) is 7.11 Å². The number of hydrogen-bond acceptors (Lipinski definition) is 3. The van der Waals surface area contributed by atoms with Crippen LogP contribution in [-0.4, -0.2) is 13.1 Å². The van der Waals surface area contributed by atoms with E-state index in [0.29, 0.717) is 0 Å². The lowest BCUT2D eigenvalue weighted by atomic mass is 10.1. The van der Waals surface area contributed by atoms with Crippen LogP contribution >= 0.6 is 0 Å². The Labute approximate surface area is 85.8 Å². The fraction of sp³-hybridized carbons (Fsp3) is 0.300. The molecule has 1 aromatic carbocycles. The van der Waals surface area contributed by atoms with Gasteiger partial charge in [0.2, 0.25) is 0 Å². The van der Waals surface area contributed by atoms with Gasteiger partial charge in [0, 0.05) is 6.04 Å². The zero-order valence-electron chi connectivity index (χ0n) is 8.38. The maximum absolute atomic E-state index is 13.3. The summed E-state index contributed by atoms with van der Waals surface area (Å²) in [4.78, 5) is 11.0. The lowest BCUT2D eigenvalue weighted by Gasteiger charge is -2.08. The van der Waals surface area contributed by atoms with Gasteiger partial charge in [0.15, 0.2) is 0 Å². The molecule has 0 saturated carbocycles. The highest BCUT2D eigenvalue weighted by Crippen LogP contribution is 2.19. The molecule has 2 N–H and O–H groups in total. The zero-order chi connectivity index (χ0) is 11.6. The second kappa shape index (κ2) is 4.35. The molecule has 0 fully saturated rings. The van der Waals surface area contributed by atoms with Gasteiger partial charge in [0.05, 0.1) is 7.11 Å². The Kier molecular flexibility index (Phi) is 3.36. The molecular weight excluding hydrogens is 204 g/mol. The molecule has 0 unspecified atom stereocenters. The van der Waals surface area contributed by atoms with Gasteiger partial charge in [-0.05, 0) is 24.6 Å². The summed E-state index contributed by atoms with van der Waals surface area (Å²) < 4.78 is 30.9. The van der Waals surface area contributed by atoms with E-state index in [-0.39, 0.29) is 5.56 Å². The Bertz CT molecular complexity index is 368. The largest absolute Gasteiger partial charge is 0.465 e. The summed E-state index contributed by atoms with van der Waals surface area (Å²) in [6.07, 6.45) is 0. The van der Waals surface area contributed by atoms with E-state index >= 15 is 0 Å². The van der Waals surface area contributed by atoms with Crippen molar-refractivity contribution < 1.29 is 18.3 Å². The van der Waals surface area contributed by atoms with E-state index in [0.717, 1.165) is 19.2 Å². The summed E-state index contributed by atoms with van der Waals surface area (Å²) in [5.41, 5.74) is 5.06. The lowest BCUT2D eigenvalue weighted by Crippen LogP contribution is -2.11. The third-order valence-corrected chi connectivity index (χ3v) is 1.98. The highest BCUT2D eigenvalue weighted by Gasteiger charge is 2.19. The third-order valence-electron chi connectivity index (χ3n) is 1.98. The molecule has 0 aliphatic heterocycles. The van der Waals surface area contributed by atoms with Crippen LogP contribution in [0.25, 0.3) is 0 Å². The van der Waals surface area contributed by atoms with E-state index in [9.17, 15) is 13.6 Å². The van der Waals surface area contributed by atoms with Crippen molar-refractivity contribution >= 4 is 5.97 Å². The third kappa shape index (κ3) is 2.30. The Hall–Kier alpha value is -1.49. The number of ether oxygens (including phenoxy) is 1. The molecule has 1 aromatic rings. The van der Waals surface area contributed by atoms with Crippen molar-refractivity contribution in [1.82, 2.24) is 0 Å². The maximum Gasteiger partial charge on any atom is 0.343 e. The van der Waals surface area contributed by atoms with Crippen molar-refractivity contribution in [3.05, 3.63) is 34.9 Å². The number of hydrogen-bond donors (Lipinski definition) is 1. The van der Waals surface area contributed by atoms with Gasteiger partial charge < -0.3 is 10.5 Å². The van der Waals surface area contributed by atoms with E-state index in [1.165, 1.54) is 0 Å². The number of rotatable bonds is 2.